The number of primary amides is 1. The molecule has 0 bridgehead atoms. The second-order valence-electron chi connectivity index (χ2n) is 6.86. The first kappa shape index (κ1) is 22.1. The Bertz CT molecular complexity index is 686. The number of nitrogens with two attached hydrogens (primary N) is 1. The molecule has 0 radical (unpaired) electrons. The van der Waals surface area contributed by atoms with Crippen LogP contribution in [0, 0.1) is 13.8 Å². The molecule has 1 heterocycles. The van der Waals surface area contributed by atoms with Crippen LogP contribution >= 0.6 is 0 Å². The molecule has 5 N–H and O–H groups in total. The maximum atomic E-state index is 13.7. The molecule has 1 aromatic rings. The number of nitrogens with one attached hydrogen (secondary N) is 3. The fraction of sp³-hybridized carbons (Fsp3) is 0.562. The van der Waals surface area contributed by atoms with Crippen LogP contribution in [-0.4, -0.2) is 45.7 Å². The number of rotatable bonds is 7. The summed E-state index contributed by atoms with van der Waals surface area (Å²) < 4.78 is 18.8. The van der Waals surface area contributed by atoms with E-state index in [-0.39, 0.29) is 0 Å². The van der Waals surface area contributed by atoms with Crippen LogP contribution in [0.25, 0.3) is 0 Å². The number of aromatic nitrogens is 2. The number of aryl methyl sites for hydroxylation is 2. The molecule has 150 valence electrons. The molecule has 0 unspecified atom stereocenters. The van der Waals surface area contributed by atoms with E-state index in [2.05, 4.69) is 26.1 Å². The van der Waals surface area contributed by atoms with Gasteiger partial charge in [-0.15, -0.1) is 0 Å². The lowest BCUT2D eigenvalue weighted by Crippen LogP contribution is -2.51. The summed E-state index contributed by atoms with van der Waals surface area (Å²) in [5.74, 6) is -1.27. The molecule has 1 rings (SSSR count). The van der Waals surface area contributed by atoms with Crippen LogP contribution in [0.5, 0.6) is 0 Å². The highest BCUT2D eigenvalue weighted by atomic mass is 19.1. The van der Waals surface area contributed by atoms with Gasteiger partial charge in [0.05, 0.1) is 0 Å². The number of hydrazine groups is 1. The molecule has 0 fully saturated rings. The highest BCUT2D eigenvalue weighted by Crippen LogP contribution is 2.09. The van der Waals surface area contributed by atoms with Gasteiger partial charge in [0.2, 0.25) is 0 Å². The van der Waals surface area contributed by atoms with Gasteiger partial charge in [0, 0.05) is 18.2 Å². The Labute approximate surface area is 156 Å². The number of hydrogen-bond donors (Lipinski definition) is 4. The Kier molecular flexibility index (Phi) is 7.44. The smallest absolute Gasteiger partial charge is 0.408 e. The van der Waals surface area contributed by atoms with Crippen molar-refractivity contribution >= 4 is 23.7 Å². The Morgan fingerprint density at radius 1 is 1.26 bits per heavy atom. The van der Waals surface area contributed by atoms with Crippen LogP contribution in [0.2, 0.25) is 0 Å². The van der Waals surface area contributed by atoms with Crippen molar-refractivity contribution in [2.24, 2.45) is 5.73 Å². The monoisotopic (exact) mass is 384 g/mol. The molecule has 10 nitrogen and oxygen atoms in total. The van der Waals surface area contributed by atoms with Crippen LogP contribution in [0.1, 0.15) is 38.7 Å². The van der Waals surface area contributed by atoms with Crippen molar-refractivity contribution in [3.63, 3.8) is 0 Å². The molecule has 0 saturated carbocycles. The van der Waals surface area contributed by atoms with Gasteiger partial charge in [0.15, 0.2) is 6.17 Å². The zero-order chi connectivity index (χ0) is 20.8. The fourth-order valence-corrected chi connectivity index (χ4v) is 2.00. The van der Waals surface area contributed by atoms with Crippen LogP contribution in [-0.2, 0) is 14.3 Å². The third-order valence-corrected chi connectivity index (χ3v) is 3.04. The van der Waals surface area contributed by atoms with Crippen molar-refractivity contribution < 1.29 is 23.5 Å². The third-order valence-electron chi connectivity index (χ3n) is 3.04. The average Bonchev–Trinajstić information content (AvgIpc) is 2.48. The van der Waals surface area contributed by atoms with E-state index in [0.29, 0.717) is 17.3 Å². The second kappa shape index (κ2) is 9.10. The zero-order valence-corrected chi connectivity index (χ0v) is 15.9. The van der Waals surface area contributed by atoms with Gasteiger partial charge in [-0.1, -0.05) is 0 Å². The van der Waals surface area contributed by atoms with Crippen molar-refractivity contribution in [2.75, 3.05) is 5.43 Å². The zero-order valence-electron chi connectivity index (χ0n) is 15.9. The predicted octanol–water partition coefficient (Wildman–Crippen LogP) is 0.643. The normalized spacial score (nSPS) is 13.3. The maximum Gasteiger partial charge on any atom is 0.408 e. The highest BCUT2D eigenvalue weighted by molar-refractivity contribution is 5.87. The van der Waals surface area contributed by atoms with Gasteiger partial charge < -0.3 is 15.8 Å². The fourth-order valence-electron chi connectivity index (χ4n) is 2.00. The number of alkyl carbamates (subject to hydrolysis) is 1. The van der Waals surface area contributed by atoms with E-state index in [1.54, 1.807) is 40.7 Å². The number of carbonyl (C=O) groups is 3. The SMILES string of the molecule is Cc1cc(NNC(=O)[C@H](C[C@@H](F)C(N)=O)NC(=O)OC(C)(C)C)nc(C)n1. The first-order chi connectivity index (χ1) is 12.4. The number of ether oxygens (including phenoxy) is 1. The first-order valence-corrected chi connectivity index (χ1v) is 8.18. The van der Waals surface area contributed by atoms with Crippen molar-refractivity contribution in [3.8, 4) is 0 Å². The van der Waals surface area contributed by atoms with Gasteiger partial charge in [-0.05, 0) is 34.6 Å². The predicted molar refractivity (Wildman–Crippen MR) is 95.1 cm³/mol. The summed E-state index contributed by atoms with van der Waals surface area (Å²) in [6, 6.07) is 0.171. The standard InChI is InChI=1S/C16H25FN6O4/c1-8-6-12(20-9(2)19-8)22-23-14(25)11(7-10(17)13(18)24)21-15(26)27-16(3,4)5/h6,10-11H,7H2,1-5H3,(H2,18,24)(H,21,26)(H,23,25)(H,19,20,22)/t10-,11+/m1/s1. The van der Waals surface area contributed by atoms with Crippen LogP contribution in [0.4, 0.5) is 15.0 Å². The molecular weight excluding hydrogens is 359 g/mol. The largest absolute Gasteiger partial charge is 0.444 e. The van der Waals surface area contributed by atoms with E-state index in [1.165, 1.54) is 0 Å². The molecule has 11 heteroatoms. The minimum atomic E-state index is -2.13. The first-order valence-electron chi connectivity index (χ1n) is 8.18. The number of hydrogen-bond acceptors (Lipinski definition) is 7. The van der Waals surface area contributed by atoms with E-state index in [1.807, 2.05) is 0 Å². The molecule has 0 aliphatic rings. The molecule has 27 heavy (non-hydrogen) atoms. The minimum absolute atomic E-state index is 0.302. The van der Waals surface area contributed by atoms with E-state index in [4.69, 9.17) is 10.5 Å². The summed E-state index contributed by atoms with van der Waals surface area (Å²) in [5, 5.41) is 2.22. The highest BCUT2D eigenvalue weighted by Gasteiger charge is 2.29. The van der Waals surface area contributed by atoms with Crippen molar-refractivity contribution in [1.82, 2.24) is 20.7 Å². The number of halogens is 1. The molecule has 3 amide bonds. The number of alkyl halides is 1. The minimum Gasteiger partial charge on any atom is -0.444 e. The number of carbonyl (C=O) groups excluding carboxylic acids is 3. The summed E-state index contributed by atoms with van der Waals surface area (Å²) in [7, 11) is 0. The Morgan fingerprint density at radius 2 is 1.89 bits per heavy atom. The second-order valence-corrected chi connectivity index (χ2v) is 6.86. The molecule has 0 saturated heterocycles. The van der Waals surface area contributed by atoms with Crippen molar-refractivity contribution in [3.05, 3.63) is 17.6 Å². The maximum absolute atomic E-state index is 13.7. The van der Waals surface area contributed by atoms with Gasteiger partial charge in [-0.25, -0.2) is 19.2 Å². The summed E-state index contributed by atoms with van der Waals surface area (Å²) >= 11 is 0. The topological polar surface area (TPSA) is 148 Å². The average molecular weight is 384 g/mol. The van der Waals surface area contributed by atoms with Gasteiger partial charge >= 0.3 is 6.09 Å². The summed E-state index contributed by atoms with van der Waals surface area (Å²) in [6.45, 7) is 8.31. The Hall–Kier alpha value is -2.98. The van der Waals surface area contributed by atoms with Crippen molar-refractivity contribution in [1.29, 1.82) is 0 Å². The lowest BCUT2D eigenvalue weighted by Gasteiger charge is -2.23. The molecule has 0 aliphatic carbocycles. The van der Waals surface area contributed by atoms with Crippen LogP contribution in [0.15, 0.2) is 6.07 Å². The molecule has 2 atom stereocenters. The van der Waals surface area contributed by atoms with Crippen molar-refractivity contribution in [2.45, 2.75) is 58.9 Å². The van der Waals surface area contributed by atoms with E-state index in [0.717, 1.165) is 0 Å². The Balaban J connectivity index is 2.81. The van der Waals surface area contributed by atoms with Crippen LogP contribution < -0.4 is 21.9 Å². The number of anilines is 1. The summed E-state index contributed by atoms with van der Waals surface area (Å²) in [4.78, 5) is 43.4. The molecular formula is C16H25FN6O4. The molecule has 0 aromatic carbocycles. The quantitative estimate of drug-likeness (QED) is 0.504. The van der Waals surface area contributed by atoms with E-state index in [9.17, 15) is 18.8 Å². The number of nitrogens with zero attached hydrogens (tertiary/aromatic N) is 2. The lowest BCUT2D eigenvalue weighted by atomic mass is 10.1. The van der Waals surface area contributed by atoms with Gasteiger partial charge in [-0.3, -0.25) is 20.4 Å². The number of amides is 3. The molecule has 0 spiro atoms. The molecule has 0 aliphatic heterocycles. The van der Waals surface area contributed by atoms with E-state index < -0.39 is 42.1 Å². The summed E-state index contributed by atoms with van der Waals surface area (Å²) in [5.41, 5.74) is 9.59. The summed E-state index contributed by atoms with van der Waals surface area (Å²) in [6.07, 6.45) is -3.71. The Morgan fingerprint density at radius 3 is 2.41 bits per heavy atom. The van der Waals surface area contributed by atoms with Gasteiger partial charge in [0.25, 0.3) is 11.8 Å². The third kappa shape index (κ3) is 8.29. The van der Waals surface area contributed by atoms with Crippen LogP contribution in [0.3, 0.4) is 0 Å². The lowest BCUT2D eigenvalue weighted by molar-refractivity contribution is -0.125. The van der Waals surface area contributed by atoms with E-state index >= 15 is 0 Å². The van der Waals surface area contributed by atoms with Gasteiger partial charge in [-0.2, -0.15) is 0 Å². The molecule has 1 aromatic heterocycles. The van der Waals surface area contributed by atoms with Gasteiger partial charge in [0.1, 0.15) is 23.3 Å².